The number of hydrogen-bond donors (Lipinski definition) is 1. The zero-order chi connectivity index (χ0) is 17.5. The summed E-state index contributed by atoms with van der Waals surface area (Å²) in [5, 5.41) is 7.23. The summed E-state index contributed by atoms with van der Waals surface area (Å²) in [6.07, 6.45) is 1.20. The predicted molar refractivity (Wildman–Crippen MR) is 103 cm³/mol. The number of amides is 1. The maximum absolute atomic E-state index is 12.2. The molecule has 0 bridgehead atoms. The van der Waals surface area contributed by atoms with Gasteiger partial charge in [-0.1, -0.05) is 36.4 Å². The highest BCUT2D eigenvalue weighted by molar-refractivity contribution is 7.08. The molecule has 1 amide bonds. The van der Waals surface area contributed by atoms with Crippen LogP contribution < -0.4 is 10.1 Å². The molecule has 0 spiro atoms. The first kappa shape index (κ1) is 17.2. The van der Waals surface area contributed by atoms with E-state index in [0.717, 1.165) is 23.3 Å². The quantitative estimate of drug-likeness (QED) is 0.671. The average molecular weight is 351 g/mol. The van der Waals surface area contributed by atoms with Crippen LogP contribution in [0.4, 0.5) is 0 Å². The Balaban J connectivity index is 1.54. The largest absolute Gasteiger partial charge is 0.497 e. The second-order valence-corrected chi connectivity index (χ2v) is 6.57. The van der Waals surface area contributed by atoms with Gasteiger partial charge in [0.05, 0.1) is 7.11 Å². The molecule has 0 aliphatic heterocycles. The Morgan fingerprint density at radius 1 is 1.08 bits per heavy atom. The van der Waals surface area contributed by atoms with Gasteiger partial charge in [0.1, 0.15) is 5.75 Å². The van der Waals surface area contributed by atoms with Crippen LogP contribution >= 0.6 is 11.3 Å². The van der Waals surface area contributed by atoms with E-state index in [2.05, 4.69) is 34.3 Å². The second-order valence-electron chi connectivity index (χ2n) is 5.79. The summed E-state index contributed by atoms with van der Waals surface area (Å²) in [7, 11) is 1.65. The maximum Gasteiger partial charge on any atom is 0.220 e. The molecule has 3 rings (SSSR count). The van der Waals surface area contributed by atoms with Gasteiger partial charge in [-0.25, -0.2) is 0 Å². The summed E-state index contributed by atoms with van der Waals surface area (Å²) in [6.45, 7) is 0.549. The molecule has 25 heavy (non-hydrogen) atoms. The van der Waals surface area contributed by atoms with E-state index < -0.39 is 0 Å². The monoisotopic (exact) mass is 351 g/mol. The van der Waals surface area contributed by atoms with E-state index in [1.807, 2.05) is 36.4 Å². The minimum atomic E-state index is 0.0657. The normalized spacial score (nSPS) is 10.4. The SMILES string of the molecule is COc1ccc(CCC(=O)NCc2ccccc2-c2ccsc2)cc1. The third-order valence-corrected chi connectivity index (χ3v) is 4.81. The van der Waals surface area contributed by atoms with Gasteiger partial charge in [0.15, 0.2) is 0 Å². The number of rotatable bonds is 7. The zero-order valence-corrected chi connectivity index (χ0v) is 15.0. The number of ether oxygens (including phenoxy) is 1. The third-order valence-electron chi connectivity index (χ3n) is 4.13. The lowest BCUT2D eigenvalue weighted by Crippen LogP contribution is -2.23. The lowest BCUT2D eigenvalue weighted by atomic mass is 10.0. The molecule has 0 saturated carbocycles. The van der Waals surface area contributed by atoms with Crippen molar-refractivity contribution in [2.45, 2.75) is 19.4 Å². The molecule has 1 aromatic heterocycles. The first-order valence-corrected chi connectivity index (χ1v) is 9.20. The average Bonchev–Trinajstić information content (AvgIpc) is 3.20. The van der Waals surface area contributed by atoms with Crippen molar-refractivity contribution in [3.8, 4) is 16.9 Å². The van der Waals surface area contributed by atoms with Crippen LogP contribution in [-0.2, 0) is 17.8 Å². The Kier molecular flexibility index (Phi) is 5.86. The van der Waals surface area contributed by atoms with Gasteiger partial charge in [-0.05, 0) is 57.6 Å². The fourth-order valence-electron chi connectivity index (χ4n) is 2.71. The first-order chi connectivity index (χ1) is 12.3. The number of carbonyl (C=O) groups is 1. The maximum atomic E-state index is 12.2. The minimum absolute atomic E-state index is 0.0657. The van der Waals surface area contributed by atoms with E-state index in [1.54, 1.807) is 18.4 Å². The van der Waals surface area contributed by atoms with Crippen molar-refractivity contribution in [2.24, 2.45) is 0 Å². The van der Waals surface area contributed by atoms with E-state index >= 15 is 0 Å². The molecule has 0 atom stereocenters. The van der Waals surface area contributed by atoms with Gasteiger partial charge in [-0.15, -0.1) is 0 Å². The van der Waals surface area contributed by atoms with E-state index in [1.165, 1.54) is 11.1 Å². The number of hydrogen-bond acceptors (Lipinski definition) is 3. The highest BCUT2D eigenvalue weighted by Crippen LogP contribution is 2.25. The van der Waals surface area contributed by atoms with Crippen LogP contribution in [-0.4, -0.2) is 13.0 Å². The topological polar surface area (TPSA) is 38.3 Å². The second kappa shape index (κ2) is 8.49. The number of thiophene rings is 1. The van der Waals surface area contributed by atoms with Crippen LogP contribution in [0.3, 0.4) is 0 Å². The number of methoxy groups -OCH3 is 1. The molecule has 0 aliphatic rings. The van der Waals surface area contributed by atoms with Crippen LogP contribution in [0.5, 0.6) is 5.75 Å². The molecular weight excluding hydrogens is 330 g/mol. The van der Waals surface area contributed by atoms with Crippen molar-refractivity contribution in [1.82, 2.24) is 5.32 Å². The Hall–Kier alpha value is -2.59. The minimum Gasteiger partial charge on any atom is -0.497 e. The standard InChI is InChI=1S/C21H21NO2S/c1-24-19-9-6-16(7-10-19)8-11-21(23)22-14-17-4-2-3-5-20(17)18-12-13-25-15-18/h2-7,9-10,12-13,15H,8,11,14H2,1H3,(H,22,23). The van der Waals surface area contributed by atoms with E-state index in [-0.39, 0.29) is 5.91 Å². The summed E-state index contributed by atoms with van der Waals surface area (Å²) in [6, 6.07) is 18.1. The molecule has 1 N–H and O–H groups in total. The Bertz CT molecular complexity index is 810. The Morgan fingerprint density at radius 2 is 1.88 bits per heavy atom. The molecular formula is C21H21NO2S. The van der Waals surface area contributed by atoms with Crippen LogP contribution in [0.25, 0.3) is 11.1 Å². The van der Waals surface area contributed by atoms with Crippen molar-refractivity contribution < 1.29 is 9.53 Å². The highest BCUT2D eigenvalue weighted by Gasteiger charge is 2.07. The van der Waals surface area contributed by atoms with Gasteiger partial charge < -0.3 is 10.1 Å². The molecule has 0 fully saturated rings. The lowest BCUT2D eigenvalue weighted by molar-refractivity contribution is -0.121. The Labute approximate surface area is 152 Å². The van der Waals surface area contributed by atoms with Crippen molar-refractivity contribution in [3.05, 3.63) is 76.5 Å². The summed E-state index contributed by atoms with van der Waals surface area (Å²) >= 11 is 1.68. The van der Waals surface area contributed by atoms with E-state index in [4.69, 9.17) is 4.74 Å². The lowest BCUT2D eigenvalue weighted by Gasteiger charge is -2.10. The molecule has 0 radical (unpaired) electrons. The summed E-state index contributed by atoms with van der Waals surface area (Å²) < 4.78 is 5.15. The van der Waals surface area contributed by atoms with Gasteiger partial charge in [-0.3, -0.25) is 4.79 Å². The number of carbonyl (C=O) groups excluding carboxylic acids is 1. The molecule has 1 heterocycles. The van der Waals surface area contributed by atoms with Gasteiger partial charge in [-0.2, -0.15) is 11.3 Å². The van der Waals surface area contributed by atoms with Crippen LogP contribution in [0.2, 0.25) is 0 Å². The third kappa shape index (κ3) is 4.70. The smallest absolute Gasteiger partial charge is 0.220 e. The highest BCUT2D eigenvalue weighted by atomic mass is 32.1. The fourth-order valence-corrected chi connectivity index (χ4v) is 3.36. The molecule has 0 aliphatic carbocycles. The van der Waals surface area contributed by atoms with Gasteiger partial charge in [0, 0.05) is 13.0 Å². The van der Waals surface area contributed by atoms with Crippen LogP contribution in [0.1, 0.15) is 17.5 Å². The number of benzene rings is 2. The zero-order valence-electron chi connectivity index (χ0n) is 14.2. The Morgan fingerprint density at radius 3 is 2.60 bits per heavy atom. The molecule has 128 valence electrons. The van der Waals surface area contributed by atoms with E-state index in [9.17, 15) is 4.79 Å². The van der Waals surface area contributed by atoms with Crippen molar-refractivity contribution >= 4 is 17.2 Å². The first-order valence-electron chi connectivity index (χ1n) is 8.26. The summed E-state index contributed by atoms with van der Waals surface area (Å²) in [5.41, 5.74) is 4.65. The predicted octanol–water partition coefficient (Wildman–Crippen LogP) is 4.67. The van der Waals surface area contributed by atoms with Crippen LogP contribution in [0, 0.1) is 0 Å². The van der Waals surface area contributed by atoms with Crippen molar-refractivity contribution in [1.29, 1.82) is 0 Å². The molecule has 3 aromatic rings. The van der Waals surface area contributed by atoms with Gasteiger partial charge >= 0.3 is 0 Å². The molecule has 0 saturated heterocycles. The van der Waals surface area contributed by atoms with Crippen molar-refractivity contribution in [3.63, 3.8) is 0 Å². The molecule has 4 heteroatoms. The van der Waals surface area contributed by atoms with Crippen LogP contribution in [0.15, 0.2) is 65.4 Å². The van der Waals surface area contributed by atoms with Gasteiger partial charge in [0.25, 0.3) is 0 Å². The van der Waals surface area contributed by atoms with Gasteiger partial charge in [0.2, 0.25) is 5.91 Å². The molecule has 3 nitrogen and oxygen atoms in total. The number of aryl methyl sites for hydroxylation is 1. The van der Waals surface area contributed by atoms with E-state index in [0.29, 0.717) is 13.0 Å². The number of nitrogens with one attached hydrogen (secondary N) is 1. The molecule has 0 unspecified atom stereocenters. The molecule has 2 aromatic carbocycles. The summed E-state index contributed by atoms with van der Waals surface area (Å²) in [4.78, 5) is 12.2. The summed E-state index contributed by atoms with van der Waals surface area (Å²) in [5.74, 6) is 0.897. The fraction of sp³-hybridized carbons (Fsp3) is 0.190. The van der Waals surface area contributed by atoms with Crippen molar-refractivity contribution in [2.75, 3.05) is 7.11 Å².